The Bertz CT molecular complexity index is 584. The van der Waals surface area contributed by atoms with Crippen molar-refractivity contribution in [1.29, 1.82) is 0 Å². The minimum absolute atomic E-state index is 0.214. The van der Waals surface area contributed by atoms with E-state index in [2.05, 4.69) is 37.8 Å². The average molecular weight is 270 g/mol. The first kappa shape index (κ1) is 10.0. The van der Waals surface area contributed by atoms with Crippen molar-refractivity contribution in [1.82, 2.24) is 24.5 Å². The van der Waals surface area contributed by atoms with Crippen molar-refractivity contribution in [2.24, 2.45) is 7.05 Å². The highest BCUT2D eigenvalue weighted by Crippen LogP contribution is 2.04. The van der Waals surface area contributed by atoms with Gasteiger partial charge in [-0.05, 0) is 0 Å². The molecule has 0 aliphatic carbocycles. The molecular formula is C8H8BrN5O. The topological polar surface area (TPSA) is 65.6 Å². The van der Waals surface area contributed by atoms with Crippen molar-refractivity contribution < 1.29 is 0 Å². The second kappa shape index (κ2) is 3.58. The van der Waals surface area contributed by atoms with Gasteiger partial charge in [-0.3, -0.25) is 9.36 Å². The molecule has 2 aromatic heterocycles. The van der Waals surface area contributed by atoms with Crippen molar-refractivity contribution in [3.63, 3.8) is 0 Å². The van der Waals surface area contributed by atoms with Crippen LogP contribution in [-0.2, 0) is 13.6 Å². The average Bonchev–Trinajstić information content (AvgIpc) is 2.53. The molecule has 2 rings (SSSR count). The van der Waals surface area contributed by atoms with E-state index in [0.29, 0.717) is 16.7 Å². The number of aromatic nitrogens is 5. The van der Waals surface area contributed by atoms with Crippen molar-refractivity contribution in [3.8, 4) is 0 Å². The summed E-state index contributed by atoms with van der Waals surface area (Å²) < 4.78 is 3.59. The Labute approximate surface area is 93.4 Å². The zero-order valence-electron chi connectivity index (χ0n) is 8.01. The molecule has 0 saturated heterocycles. The molecule has 6 nitrogen and oxygen atoms in total. The van der Waals surface area contributed by atoms with Crippen LogP contribution in [0.5, 0.6) is 0 Å². The van der Waals surface area contributed by atoms with Gasteiger partial charge in [0.15, 0.2) is 11.2 Å². The molecule has 0 radical (unpaired) electrons. The second-order valence-electron chi connectivity index (χ2n) is 3.08. The number of hydrogen-bond donors (Lipinski definition) is 0. The summed E-state index contributed by atoms with van der Waals surface area (Å²) >= 11 is 3.19. The molecule has 0 unspecified atom stereocenters. The molecule has 7 heteroatoms. The lowest BCUT2D eigenvalue weighted by Gasteiger charge is -2.02. The molecule has 2 aromatic rings. The Kier molecular flexibility index (Phi) is 2.39. The number of fused-ring (bicyclic) bond motifs is 1. The Morgan fingerprint density at radius 3 is 3.07 bits per heavy atom. The first-order valence-corrected chi connectivity index (χ1v) is 4.97. The number of nitrogens with zero attached hydrogens (tertiary/aromatic N) is 5. The summed E-state index contributed by atoms with van der Waals surface area (Å²) in [6.45, 7) is 4.04. The maximum atomic E-state index is 11.8. The van der Waals surface area contributed by atoms with Gasteiger partial charge in [0.1, 0.15) is 6.33 Å². The molecule has 0 spiro atoms. The van der Waals surface area contributed by atoms with Gasteiger partial charge in [0, 0.05) is 11.5 Å². The highest BCUT2D eigenvalue weighted by molar-refractivity contribution is 9.11. The van der Waals surface area contributed by atoms with Crippen molar-refractivity contribution in [2.45, 2.75) is 6.54 Å². The van der Waals surface area contributed by atoms with E-state index in [1.54, 1.807) is 7.05 Å². The van der Waals surface area contributed by atoms with Crippen LogP contribution in [-0.4, -0.2) is 24.5 Å². The molecule has 15 heavy (non-hydrogen) atoms. The summed E-state index contributed by atoms with van der Waals surface area (Å²) in [5.74, 6) is 0. The molecule has 0 amide bonds. The standard InChI is InChI=1S/C8H8BrN5O/c1-5(9)3-14-4-10-7-6(8(14)15)11-12-13(7)2/h4H,1,3H2,2H3. The largest absolute Gasteiger partial charge is 0.292 e. The fraction of sp³-hybridized carbons (Fsp3) is 0.250. The van der Waals surface area contributed by atoms with Gasteiger partial charge in [0.05, 0.1) is 6.54 Å². The summed E-state index contributed by atoms with van der Waals surface area (Å²) in [6, 6.07) is 0. The van der Waals surface area contributed by atoms with Gasteiger partial charge in [-0.1, -0.05) is 27.7 Å². The van der Waals surface area contributed by atoms with Gasteiger partial charge in [0.25, 0.3) is 5.56 Å². The van der Waals surface area contributed by atoms with Gasteiger partial charge in [-0.15, -0.1) is 5.10 Å². The maximum absolute atomic E-state index is 11.8. The summed E-state index contributed by atoms with van der Waals surface area (Å²) in [5, 5.41) is 7.49. The second-order valence-corrected chi connectivity index (χ2v) is 4.20. The fourth-order valence-electron chi connectivity index (χ4n) is 1.25. The summed E-state index contributed by atoms with van der Waals surface area (Å²) in [5.41, 5.74) is 0.541. The Balaban J connectivity index is 2.66. The molecule has 78 valence electrons. The van der Waals surface area contributed by atoms with E-state index in [1.165, 1.54) is 15.6 Å². The van der Waals surface area contributed by atoms with E-state index < -0.39 is 0 Å². The molecule has 0 aliphatic rings. The minimum atomic E-state index is -0.214. The third-order valence-electron chi connectivity index (χ3n) is 1.92. The Morgan fingerprint density at radius 1 is 1.67 bits per heavy atom. The fourth-order valence-corrected chi connectivity index (χ4v) is 1.52. The van der Waals surface area contributed by atoms with E-state index in [0.717, 1.165) is 0 Å². The molecular weight excluding hydrogens is 262 g/mol. The first-order chi connectivity index (χ1) is 7.09. The molecule has 0 saturated carbocycles. The molecule has 0 fully saturated rings. The molecule has 2 heterocycles. The smallest absolute Gasteiger partial charge is 0.283 e. The zero-order valence-corrected chi connectivity index (χ0v) is 9.60. The number of aryl methyl sites for hydroxylation is 1. The van der Waals surface area contributed by atoms with Gasteiger partial charge in [-0.25, -0.2) is 9.67 Å². The first-order valence-electron chi connectivity index (χ1n) is 4.17. The highest BCUT2D eigenvalue weighted by atomic mass is 79.9. The monoisotopic (exact) mass is 269 g/mol. The minimum Gasteiger partial charge on any atom is -0.292 e. The lowest BCUT2D eigenvalue weighted by molar-refractivity contribution is 0.726. The normalized spacial score (nSPS) is 10.8. The van der Waals surface area contributed by atoms with E-state index in [1.807, 2.05) is 0 Å². The van der Waals surface area contributed by atoms with Crippen molar-refractivity contribution in [3.05, 3.63) is 27.7 Å². The molecule has 0 bridgehead atoms. The lowest BCUT2D eigenvalue weighted by atomic mass is 10.5. The number of rotatable bonds is 2. The van der Waals surface area contributed by atoms with Crippen LogP contribution in [0.4, 0.5) is 0 Å². The predicted octanol–water partition coefficient (Wildman–Crippen LogP) is 0.434. The van der Waals surface area contributed by atoms with E-state index >= 15 is 0 Å². The SMILES string of the molecule is C=C(Br)Cn1cnc2c(nnn2C)c1=O. The van der Waals surface area contributed by atoms with Crippen LogP contribution in [0.25, 0.3) is 11.2 Å². The van der Waals surface area contributed by atoms with E-state index in [9.17, 15) is 4.79 Å². The summed E-state index contributed by atoms with van der Waals surface area (Å²) in [7, 11) is 1.69. The molecule has 0 aliphatic heterocycles. The summed E-state index contributed by atoms with van der Waals surface area (Å²) in [6.07, 6.45) is 1.46. The van der Waals surface area contributed by atoms with E-state index in [-0.39, 0.29) is 11.1 Å². The number of halogens is 1. The van der Waals surface area contributed by atoms with Gasteiger partial charge in [0.2, 0.25) is 0 Å². The van der Waals surface area contributed by atoms with Crippen LogP contribution in [0.1, 0.15) is 0 Å². The van der Waals surface area contributed by atoms with Crippen LogP contribution >= 0.6 is 15.9 Å². The van der Waals surface area contributed by atoms with Crippen molar-refractivity contribution >= 4 is 27.1 Å². The van der Waals surface area contributed by atoms with Gasteiger partial charge >= 0.3 is 0 Å². The number of hydrogen-bond acceptors (Lipinski definition) is 4. The number of allylic oxidation sites excluding steroid dienone is 1. The van der Waals surface area contributed by atoms with Crippen LogP contribution in [0.15, 0.2) is 22.2 Å². The Morgan fingerprint density at radius 2 is 2.40 bits per heavy atom. The molecule has 0 atom stereocenters. The summed E-state index contributed by atoms with van der Waals surface area (Å²) in [4.78, 5) is 15.9. The Hall–Kier alpha value is -1.50. The van der Waals surface area contributed by atoms with Gasteiger partial charge < -0.3 is 0 Å². The predicted molar refractivity (Wildman–Crippen MR) is 58.6 cm³/mol. The zero-order chi connectivity index (χ0) is 11.0. The highest BCUT2D eigenvalue weighted by Gasteiger charge is 2.09. The molecule has 0 aromatic carbocycles. The van der Waals surface area contributed by atoms with Crippen molar-refractivity contribution in [2.75, 3.05) is 0 Å². The quantitative estimate of drug-likeness (QED) is 0.794. The van der Waals surface area contributed by atoms with Crippen LogP contribution in [0.2, 0.25) is 0 Å². The molecule has 0 N–H and O–H groups in total. The third kappa shape index (κ3) is 1.70. The maximum Gasteiger partial charge on any atom is 0.283 e. The third-order valence-corrected chi connectivity index (χ3v) is 2.17. The van der Waals surface area contributed by atoms with E-state index in [4.69, 9.17) is 0 Å². The van der Waals surface area contributed by atoms with Crippen LogP contribution in [0.3, 0.4) is 0 Å². The van der Waals surface area contributed by atoms with Gasteiger partial charge in [-0.2, -0.15) is 0 Å². The van der Waals surface area contributed by atoms with Crippen LogP contribution < -0.4 is 5.56 Å². The van der Waals surface area contributed by atoms with Crippen LogP contribution in [0, 0.1) is 0 Å². The lowest BCUT2D eigenvalue weighted by Crippen LogP contribution is -2.21.